The quantitative estimate of drug-likeness (QED) is 0.511. The molecule has 28 heavy (non-hydrogen) atoms. The van der Waals surface area contributed by atoms with E-state index in [9.17, 15) is 4.79 Å². The van der Waals surface area contributed by atoms with Crippen LogP contribution in [-0.4, -0.2) is 16.2 Å². The predicted octanol–water partition coefficient (Wildman–Crippen LogP) is 4.95. The lowest BCUT2D eigenvalue weighted by molar-refractivity contribution is 0.414. The van der Waals surface area contributed by atoms with Gasteiger partial charge in [0.15, 0.2) is 0 Å². The van der Waals surface area contributed by atoms with E-state index in [4.69, 9.17) is 16.3 Å². The number of hydrogen-bond donors (Lipinski definition) is 0. The van der Waals surface area contributed by atoms with E-state index in [1.165, 1.54) is 5.56 Å². The molecule has 0 N–H and O–H groups in total. The molecule has 2 aromatic carbocycles. The molecule has 0 aliphatic rings. The zero-order valence-electron chi connectivity index (χ0n) is 16.5. The van der Waals surface area contributed by atoms with E-state index in [0.717, 1.165) is 49.2 Å². The van der Waals surface area contributed by atoms with Crippen molar-refractivity contribution in [1.29, 1.82) is 0 Å². The van der Waals surface area contributed by atoms with Gasteiger partial charge in [-0.1, -0.05) is 42.8 Å². The van der Waals surface area contributed by atoms with Crippen LogP contribution in [0.5, 0.6) is 5.75 Å². The second-order valence-corrected chi connectivity index (χ2v) is 7.45. The first-order valence-electron chi connectivity index (χ1n) is 9.77. The van der Waals surface area contributed by atoms with Crippen molar-refractivity contribution >= 4 is 11.6 Å². The molecule has 4 nitrogen and oxygen atoms in total. The van der Waals surface area contributed by atoms with Crippen molar-refractivity contribution in [2.24, 2.45) is 0 Å². The number of aromatic nitrogens is 2. The molecule has 0 amide bonds. The topological polar surface area (TPSA) is 36.2 Å². The molecule has 0 radical (unpaired) electrons. The van der Waals surface area contributed by atoms with Gasteiger partial charge in [0.25, 0.3) is 0 Å². The van der Waals surface area contributed by atoms with Gasteiger partial charge >= 0.3 is 5.69 Å². The highest BCUT2D eigenvalue weighted by Crippen LogP contribution is 2.15. The average Bonchev–Trinajstić information content (AvgIpc) is 2.98. The Balaban J connectivity index is 1.71. The van der Waals surface area contributed by atoms with E-state index >= 15 is 0 Å². The first-order valence-corrected chi connectivity index (χ1v) is 10.1. The van der Waals surface area contributed by atoms with Gasteiger partial charge in [-0.05, 0) is 61.1 Å². The van der Waals surface area contributed by atoms with Gasteiger partial charge in [0.2, 0.25) is 0 Å². The van der Waals surface area contributed by atoms with Gasteiger partial charge in [0.05, 0.1) is 13.7 Å². The normalized spacial score (nSPS) is 11.0. The van der Waals surface area contributed by atoms with E-state index < -0.39 is 0 Å². The molecule has 1 heterocycles. The Kier molecular flexibility index (Phi) is 6.99. The van der Waals surface area contributed by atoms with Gasteiger partial charge in [-0.25, -0.2) is 4.79 Å². The molecule has 3 rings (SSSR count). The van der Waals surface area contributed by atoms with Crippen LogP contribution in [0.1, 0.15) is 36.6 Å². The summed E-state index contributed by atoms with van der Waals surface area (Å²) in [4.78, 5) is 12.9. The molecule has 1 aromatic heterocycles. The number of imidazole rings is 1. The third-order valence-electron chi connectivity index (χ3n) is 4.87. The van der Waals surface area contributed by atoms with Crippen LogP contribution in [0.25, 0.3) is 0 Å². The fourth-order valence-electron chi connectivity index (χ4n) is 3.46. The molecule has 148 valence electrons. The molecule has 0 aliphatic carbocycles. The average molecular weight is 399 g/mol. The van der Waals surface area contributed by atoms with Gasteiger partial charge in [-0.3, -0.25) is 9.13 Å². The van der Waals surface area contributed by atoms with Crippen molar-refractivity contribution in [2.75, 3.05) is 7.11 Å². The summed E-state index contributed by atoms with van der Waals surface area (Å²) in [5.41, 5.74) is 3.47. The van der Waals surface area contributed by atoms with Gasteiger partial charge in [0.1, 0.15) is 5.75 Å². The number of nitrogens with zero attached hydrogens (tertiary/aromatic N) is 2. The lowest BCUT2D eigenvalue weighted by Gasteiger charge is -2.06. The SMILES string of the molecule is CCCn1c(CCCc2ccc(OC)cc2)cn(Cc2cccc(Cl)c2)c1=O. The van der Waals surface area contributed by atoms with Crippen LogP contribution >= 0.6 is 11.6 Å². The third-order valence-corrected chi connectivity index (χ3v) is 5.11. The van der Waals surface area contributed by atoms with Crippen molar-refractivity contribution in [2.45, 2.75) is 45.7 Å². The number of aryl methyl sites for hydroxylation is 2. The maximum absolute atomic E-state index is 12.9. The maximum atomic E-state index is 12.9. The molecule has 0 bridgehead atoms. The Morgan fingerprint density at radius 1 is 1.04 bits per heavy atom. The summed E-state index contributed by atoms with van der Waals surface area (Å²) in [6, 6.07) is 15.9. The van der Waals surface area contributed by atoms with Gasteiger partial charge in [-0.15, -0.1) is 0 Å². The van der Waals surface area contributed by atoms with Gasteiger partial charge in [0, 0.05) is 23.5 Å². The summed E-state index contributed by atoms with van der Waals surface area (Å²) < 4.78 is 8.92. The minimum atomic E-state index is 0.0567. The Bertz CT molecular complexity index is 957. The molecule has 0 fully saturated rings. The summed E-state index contributed by atoms with van der Waals surface area (Å²) >= 11 is 6.08. The first-order chi connectivity index (χ1) is 13.6. The maximum Gasteiger partial charge on any atom is 0.328 e. The van der Waals surface area contributed by atoms with E-state index in [1.807, 2.05) is 47.2 Å². The summed E-state index contributed by atoms with van der Waals surface area (Å²) in [7, 11) is 1.68. The molecule has 0 aliphatic heterocycles. The number of ether oxygens (including phenoxy) is 1. The monoisotopic (exact) mass is 398 g/mol. The van der Waals surface area contributed by atoms with E-state index in [2.05, 4.69) is 19.1 Å². The predicted molar refractivity (Wildman–Crippen MR) is 115 cm³/mol. The molecule has 0 atom stereocenters. The Morgan fingerprint density at radius 2 is 1.82 bits per heavy atom. The summed E-state index contributed by atoms with van der Waals surface area (Å²) in [6.45, 7) is 3.39. The van der Waals surface area contributed by atoms with Gasteiger partial charge in [-0.2, -0.15) is 0 Å². The van der Waals surface area contributed by atoms with Crippen molar-refractivity contribution in [3.63, 3.8) is 0 Å². The second-order valence-electron chi connectivity index (χ2n) is 7.01. The van der Waals surface area contributed by atoms with Gasteiger partial charge < -0.3 is 4.74 Å². The van der Waals surface area contributed by atoms with Crippen LogP contribution in [-0.2, 0) is 25.9 Å². The van der Waals surface area contributed by atoms with Crippen LogP contribution in [0.4, 0.5) is 0 Å². The number of methoxy groups -OCH3 is 1. The lowest BCUT2D eigenvalue weighted by Crippen LogP contribution is -2.25. The van der Waals surface area contributed by atoms with Crippen LogP contribution < -0.4 is 10.4 Å². The fraction of sp³-hybridized carbons (Fsp3) is 0.348. The molecule has 5 heteroatoms. The van der Waals surface area contributed by atoms with Crippen molar-refractivity contribution in [3.8, 4) is 5.75 Å². The zero-order valence-corrected chi connectivity index (χ0v) is 17.3. The number of hydrogen-bond acceptors (Lipinski definition) is 2. The van der Waals surface area contributed by atoms with Crippen LogP contribution in [0.15, 0.2) is 59.5 Å². The summed E-state index contributed by atoms with van der Waals surface area (Å²) in [5.74, 6) is 0.874. The molecule has 3 aromatic rings. The largest absolute Gasteiger partial charge is 0.497 e. The Hall–Kier alpha value is -2.46. The van der Waals surface area contributed by atoms with Crippen molar-refractivity contribution < 1.29 is 4.74 Å². The smallest absolute Gasteiger partial charge is 0.328 e. The van der Waals surface area contributed by atoms with Crippen molar-refractivity contribution in [3.05, 3.63) is 87.1 Å². The summed E-state index contributed by atoms with van der Waals surface area (Å²) in [6.07, 6.45) is 5.80. The first kappa shape index (κ1) is 20.3. The number of rotatable bonds is 9. The Labute approximate surface area is 171 Å². The minimum Gasteiger partial charge on any atom is -0.497 e. The Morgan fingerprint density at radius 3 is 2.50 bits per heavy atom. The second kappa shape index (κ2) is 9.65. The highest BCUT2D eigenvalue weighted by Gasteiger charge is 2.11. The molecule has 0 saturated heterocycles. The lowest BCUT2D eigenvalue weighted by atomic mass is 10.1. The van der Waals surface area contributed by atoms with Crippen LogP contribution in [0, 0.1) is 0 Å². The molecule has 0 unspecified atom stereocenters. The van der Waals surface area contributed by atoms with Crippen LogP contribution in [0.3, 0.4) is 0 Å². The van der Waals surface area contributed by atoms with Crippen LogP contribution in [0.2, 0.25) is 5.02 Å². The highest BCUT2D eigenvalue weighted by atomic mass is 35.5. The number of halogens is 1. The van der Waals surface area contributed by atoms with E-state index in [0.29, 0.717) is 11.6 Å². The third kappa shape index (κ3) is 5.08. The summed E-state index contributed by atoms with van der Waals surface area (Å²) in [5, 5.41) is 0.693. The molecule has 0 saturated carbocycles. The van der Waals surface area contributed by atoms with E-state index in [1.54, 1.807) is 11.7 Å². The fourth-order valence-corrected chi connectivity index (χ4v) is 3.67. The molecule has 0 spiro atoms. The molecular weight excluding hydrogens is 372 g/mol. The van der Waals surface area contributed by atoms with Crippen molar-refractivity contribution in [1.82, 2.24) is 9.13 Å². The molecular formula is C23H27ClN2O2. The highest BCUT2D eigenvalue weighted by molar-refractivity contribution is 6.30. The zero-order chi connectivity index (χ0) is 19.9. The standard InChI is InChI=1S/C23H27ClN2O2/c1-3-14-26-21(9-5-6-18-10-12-22(28-2)13-11-18)17-25(23(26)27)16-19-7-4-8-20(24)15-19/h4,7-8,10-13,15,17H,3,5-6,9,14,16H2,1-2H3. The number of benzene rings is 2. The van der Waals surface area contributed by atoms with E-state index in [-0.39, 0.29) is 5.69 Å². The minimum absolute atomic E-state index is 0.0567.